The lowest BCUT2D eigenvalue weighted by Gasteiger charge is -2.07. The molecule has 1 fully saturated rings. The molecule has 0 atom stereocenters. The van der Waals surface area contributed by atoms with E-state index < -0.39 is 10.8 Å². The maximum Gasteiger partial charge on any atom is 0.288 e. The molecule has 0 heterocycles. The van der Waals surface area contributed by atoms with Gasteiger partial charge < -0.3 is 10.6 Å². The van der Waals surface area contributed by atoms with Crippen LogP contribution in [0.4, 0.5) is 5.69 Å². The van der Waals surface area contributed by atoms with Crippen molar-refractivity contribution in [3.8, 4) is 0 Å². The van der Waals surface area contributed by atoms with Crippen molar-refractivity contribution >= 4 is 29.1 Å². The van der Waals surface area contributed by atoms with E-state index in [1.165, 1.54) is 18.2 Å². The van der Waals surface area contributed by atoms with Crippen LogP contribution in [0.3, 0.4) is 0 Å². The van der Waals surface area contributed by atoms with Gasteiger partial charge in [-0.25, -0.2) is 0 Å². The van der Waals surface area contributed by atoms with Gasteiger partial charge in [-0.2, -0.15) is 0 Å². The number of nitro benzene ring substituents is 1. The number of carbonyl (C=O) groups excluding carboxylic acids is 2. The Morgan fingerprint density at radius 3 is 2.70 bits per heavy atom. The number of rotatable bonds is 5. The van der Waals surface area contributed by atoms with Crippen LogP contribution < -0.4 is 10.6 Å². The summed E-state index contributed by atoms with van der Waals surface area (Å²) in [6.07, 6.45) is 1.91. The standard InChI is InChI=1S/C12H12ClN3O4/c13-11-8(2-1-3-9(11)16(19)20)12(18)14-6-10(17)15-7-4-5-7/h1-3,7H,4-6H2,(H,14,18)(H,15,17). The summed E-state index contributed by atoms with van der Waals surface area (Å²) in [5.41, 5.74) is -0.373. The molecule has 0 aliphatic heterocycles. The van der Waals surface area contributed by atoms with Crippen molar-refractivity contribution in [1.29, 1.82) is 0 Å². The minimum absolute atomic E-state index is 0.0277. The highest BCUT2D eigenvalue weighted by atomic mass is 35.5. The van der Waals surface area contributed by atoms with E-state index in [1.807, 2.05) is 0 Å². The second-order valence-electron chi connectivity index (χ2n) is 4.42. The SMILES string of the molecule is O=C(CNC(=O)c1cccc([N+](=O)[O-])c1Cl)NC1CC1. The van der Waals surface area contributed by atoms with Crippen LogP contribution in [0.1, 0.15) is 23.2 Å². The van der Waals surface area contributed by atoms with Crippen LogP contribution in [0.2, 0.25) is 5.02 Å². The van der Waals surface area contributed by atoms with Crippen LogP contribution in [-0.4, -0.2) is 29.3 Å². The Balaban J connectivity index is 1.99. The maximum absolute atomic E-state index is 11.8. The van der Waals surface area contributed by atoms with E-state index in [0.717, 1.165) is 12.8 Å². The average Bonchev–Trinajstić information content (AvgIpc) is 3.19. The topological polar surface area (TPSA) is 101 Å². The molecule has 0 bridgehead atoms. The summed E-state index contributed by atoms with van der Waals surface area (Å²) in [7, 11) is 0. The van der Waals surface area contributed by atoms with E-state index in [1.54, 1.807) is 0 Å². The predicted octanol–water partition coefficient (Wildman–Crippen LogP) is 1.26. The fraction of sp³-hybridized carbons (Fsp3) is 0.333. The average molecular weight is 298 g/mol. The summed E-state index contributed by atoms with van der Waals surface area (Å²) in [4.78, 5) is 33.3. The Bertz CT molecular complexity index is 572. The first kappa shape index (κ1) is 14.3. The molecule has 2 N–H and O–H groups in total. The third-order valence-corrected chi connectivity index (χ3v) is 3.17. The number of nitrogens with zero attached hydrogens (tertiary/aromatic N) is 1. The number of hydrogen-bond donors (Lipinski definition) is 2. The molecular weight excluding hydrogens is 286 g/mol. The molecular formula is C12H12ClN3O4. The zero-order chi connectivity index (χ0) is 14.7. The summed E-state index contributed by atoms with van der Waals surface area (Å²) >= 11 is 5.81. The molecule has 8 heteroatoms. The molecule has 2 rings (SSSR count). The van der Waals surface area contributed by atoms with Crippen molar-refractivity contribution in [2.24, 2.45) is 0 Å². The molecule has 20 heavy (non-hydrogen) atoms. The van der Waals surface area contributed by atoms with E-state index in [2.05, 4.69) is 10.6 Å². The molecule has 1 aromatic rings. The molecule has 1 aromatic carbocycles. The Morgan fingerprint density at radius 2 is 2.10 bits per heavy atom. The summed E-state index contributed by atoms with van der Waals surface area (Å²) in [6, 6.07) is 4.15. The third kappa shape index (κ3) is 3.45. The molecule has 7 nitrogen and oxygen atoms in total. The van der Waals surface area contributed by atoms with E-state index in [4.69, 9.17) is 11.6 Å². The molecule has 0 saturated heterocycles. The summed E-state index contributed by atoms with van der Waals surface area (Å²) < 4.78 is 0. The molecule has 1 aliphatic rings. The van der Waals surface area contributed by atoms with Crippen LogP contribution in [0.5, 0.6) is 0 Å². The van der Waals surface area contributed by atoms with Crippen LogP contribution in [0.25, 0.3) is 0 Å². The van der Waals surface area contributed by atoms with Crippen molar-refractivity contribution in [2.45, 2.75) is 18.9 Å². The number of hydrogen-bond acceptors (Lipinski definition) is 4. The molecule has 0 aromatic heterocycles. The van der Waals surface area contributed by atoms with E-state index in [-0.39, 0.29) is 34.8 Å². The first-order chi connectivity index (χ1) is 9.49. The number of nitro groups is 1. The highest BCUT2D eigenvalue weighted by Crippen LogP contribution is 2.27. The quantitative estimate of drug-likeness (QED) is 0.631. The van der Waals surface area contributed by atoms with E-state index in [9.17, 15) is 19.7 Å². The van der Waals surface area contributed by atoms with Gasteiger partial charge in [0.05, 0.1) is 17.0 Å². The molecule has 0 spiro atoms. The lowest BCUT2D eigenvalue weighted by atomic mass is 10.2. The van der Waals surface area contributed by atoms with Crippen molar-refractivity contribution in [2.75, 3.05) is 6.54 Å². The van der Waals surface area contributed by atoms with Gasteiger partial charge in [0.2, 0.25) is 5.91 Å². The first-order valence-electron chi connectivity index (χ1n) is 5.99. The minimum Gasteiger partial charge on any atom is -0.352 e. The Hall–Kier alpha value is -2.15. The summed E-state index contributed by atoms with van der Waals surface area (Å²) in [6.45, 7) is -0.186. The van der Waals surface area contributed by atoms with Crippen molar-refractivity contribution in [3.63, 3.8) is 0 Å². The van der Waals surface area contributed by atoms with Gasteiger partial charge in [0.1, 0.15) is 5.02 Å². The summed E-state index contributed by atoms with van der Waals surface area (Å²) in [5.74, 6) is -0.910. The van der Waals surface area contributed by atoms with Gasteiger partial charge in [-0.3, -0.25) is 19.7 Å². The molecule has 0 radical (unpaired) electrons. The molecule has 106 valence electrons. The zero-order valence-corrected chi connectivity index (χ0v) is 11.1. The number of benzene rings is 1. The molecule has 2 amide bonds. The lowest BCUT2D eigenvalue weighted by molar-refractivity contribution is -0.384. The smallest absolute Gasteiger partial charge is 0.288 e. The largest absolute Gasteiger partial charge is 0.352 e. The first-order valence-corrected chi connectivity index (χ1v) is 6.37. The fourth-order valence-corrected chi connectivity index (χ4v) is 1.88. The van der Waals surface area contributed by atoms with Crippen molar-refractivity contribution in [1.82, 2.24) is 10.6 Å². The molecule has 1 saturated carbocycles. The maximum atomic E-state index is 11.8. The second kappa shape index (κ2) is 5.87. The van der Waals surface area contributed by atoms with Crippen LogP contribution in [-0.2, 0) is 4.79 Å². The fourth-order valence-electron chi connectivity index (χ4n) is 1.60. The van der Waals surface area contributed by atoms with Gasteiger partial charge in [0, 0.05) is 12.1 Å². The Kier molecular flexibility index (Phi) is 4.19. The van der Waals surface area contributed by atoms with Crippen LogP contribution >= 0.6 is 11.6 Å². The Labute approximate surface area is 119 Å². The normalized spacial score (nSPS) is 13.7. The minimum atomic E-state index is -0.668. The van der Waals surface area contributed by atoms with Gasteiger partial charge in [-0.15, -0.1) is 0 Å². The van der Waals surface area contributed by atoms with Gasteiger partial charge in [-0.05, 0) is 18.9 Å². The van der Waals surface area contributed by atoms with E-state index >= 15 is 0 Å². The van der Waals surface area contributed by atoms with Crippen LogP contribution in [0, 0.1) is 10.1 Å². The predicted molar refractivity (Wildman–Crippen MR) is 71.6 cm³/mol. The van der Waals surface area contributed by atoms with Gasteiger partial charge in [0.15, 0.2) is 0 Å². The number of nitrogens with one attached hydrogen (secondary N) is 2. The number of halogens is 1. The number of carbonyl (C=O) groups is 2. The van der Waals surface area contributed by atoms with Crippen molar-refractivity contribution < 1.29 is 14.5 Å². The second-order valence-corrected chi connectivity index (χ2v) is 4.80. The highest BCUT2D eigenvalue weighted by Gasteiger charge is 2.24. The monoisotopic (exact) mass is 297 g/mol. The van der Waals surface area contributed by atoms with E-state index in [0.29, 0.717) is 0 Å². The van der Waals surface area contributed by atoms with Gasteiger partial charge in [0.25, 0.3) is 11.6 Å². The summed E-state index contributed by atoms with van der Waals surface area (Å²) in [5, 5.41) is 15.6. The van der Waals surface area contributed by atoms with Gasteiger partial charge in [-0.1, -0.05) is 17.7 Å². The van der Waals surface area contributed by atoms with Crippen molar-refractivity contribution in [3.05, 3.63) is 38.9 Å². The zero-order valence-electron chi connectivity index (χ0n) is 10.4. The third-order valence-electron chi connectivity index (χ3n) is 2.77. The lowest BCUT2D eigenvalue weighted by Crippen LogP contribution is -2.37. The Morgan fingerprint density at radius 1 is 1.40 bits per heavy atom. The molecule has 1 aliphatic carbocycles. The highest BCUT2D eigenvalue weighted by molar-refractivity contribution is 6.35. The number of amides is 2. The van der Waals surface area contributed by atoms with Crippen LogP contribution in [0.15, 0.2) is 18.2 Å². The molecule has 0 unspecified atom stereocenters. The van der Waals surface area contributed by atoms with Gasteiger partial charge >= 0.3 is 0 Å².